The minimum absolute atomic E-state index is 0.0796. The maximum atomic E-state index is 13.4. The van der Waals surface area contributed by atoms with Gasteiger partial charge in [0, 0.05) is 24.3 Å². The van der Waals surface area contributed by atoms with Gasteiger partial charge in [0.15, 0.2) is 0 Å². The number of carbonyl (C=O) groups is 2. The van der Waals surface area contributed by atoms with Gasteiger partial charge in [0.05, 0.1) is 10.6 Å². The fourth-order valence-electron chi connectivity index (χ4n) is 4.34. The topological polar surface area (TPSA) is 62.3 Å². The molecule has 32 heavy (non-hydrogen) atoms. The highest BCUT2D eigenvalue weighted by Crippen LogP contribution is 2.42. The maximum Gasteiger partial charge on any atom is 0.253 e. The van der Waals surface area contributed by atoms with E-state index in [0.29, 0.717) is 24.0 Å². The van der Waals surface area contributed by atoms with Crippen molar-refractivity contribution in [1.29, 1.82) is 0 Å². The van der Waals surface area contributed by atoms with Crippen LogP contribution in [-0.2, 0) is 4.79 Å². The molecule has 0 bridgehead atoms. The second-order valence-electron chi connectivity index (χ2n) is 9.33. The molecule has 2 unspecified atom stereocenters. The standard InChI is InChI=1S/C24H28Cl3N3O2/c1-14(2)20(29-22(31)16-11-19(26)21(27)28-12-16)23(32)30-10-9-18(24(3,4)13-30)15-5-7-17(25)8-6-15/h5-8,11-12,14,18,20H,9-10,13H2,1-4H3,(H,29,31). The summed E-state index contributed by atoms with van der Waals surface area (Å²) in [5, 5.41) is 3.90. The molecule has 8 heteroatoms. The lowest BCUT2D eigenvalue weighted by atomic mass is 9.70. The van der Waals surface area contributed by atoms with Crippen LogP contribution in [0.2, 0.25) is 15.2 Å². The Morgan fingerprint density at radius 3 is 2.38 bits per heavy atom. The first-order valence-electron chi connectivity index (χ1n) is 10.7. The molecule has 1 aliphatic heterocycles. The number of halogens is 3. The van der Waals surface area contributed by atoms with Crippen LogP contribution in [0, 0.1) is 11.3 Å². The maximum absolute atomic E-state index is 13.4. The van der Waals surface area contributed by atoms with E-state index in [2.05, 4.69) is 36.3 Å². The van der Waals surface area contributed by atoms with Crippen molar-refractivity contribution in [1.82, 2.24) is 15.2 Å². The predicted molar refractivity (Wildman–Crippen MR) is 130 cm³/mol. The van der Waals surface area contributed by atoms with Crippen LogP contribution in [0.3, 0.4) is 0 Å². The lowest BCUT2D eigenvalue weighted by molar-refractivity contribution is -0.137. The van der Waals surface area contributed by atoms with Gasteiger partial charge in [0.2, 0.25) is 5.91 Å². The lowest BCUT2D eigenvalue weighted by Crippen LogP contribution is -2.55. The molecule has 1 saturated heterocycles. The Kier molecular flexibility index (Phi) is 7.74. The molecule has 0 spiro atoms. The first-order valence-corrected chi connectivity index (χ1v) is 11.8. The van der Waals surface area contributed by atoms with Crippen molar-refractivity contribution in [3.05, 3.63) is 62.9 Å². The number of piperidine rings is 1. The van der Waals surface area contributed by atoms with Crippen LogP contribution < -0.4 is 5.32 Å². The fraction of sp³-hybridized carbons (Fsp3) is 0.458. The third kappa shape index (κ3) is 5.56. The summed E-state index contributed by atoms with van der Waals surface area (Å²) < 4.78 is 0. The second-order valence-corrected chi connectivity index (χ2v) is 10.5. The number of aromatic nitrogens is 1. The number of amides is 2. The first kappa shape index (κ1) is 24.8. The Balaban J connectivity index is 1.73. The summed E-state index contributed by atoms with van der Waals surface area (Å²) in [4.78, 5) is 32.0. The van der Waals surface area contributed by atoms with Gasteiger partial charge in [0.25, 0.3) is 5.91 Å². The molecule has 2 atom stereocenters. The van der Waals surface area contributed by atoms with Gasteiger partial charge in [-0.2, -0.15) is 0 Å². The largest absolute Gasteiger partial charge is 0.340 e. The molecule has 5 nitrogen and oxygen atoms in total. The van der Waals surface area contributed by atoms with Gasteiger partial charge in [-0.15, -0.1) is 0 Å². The van der Waals surface area contributed by atoms with E-state index in [1.54, 1.807) is 0 Å². The van der Waals surface area contributed by atoms with E-state index in [1.165, 1.54) is 17.8 Å². The van der Waals surface area contributed by atoms with Crippen LogP contribution in [0.15, 0.2) is 36.5 Å². The Labute approximate surface area is 204 Å². The SMILES string of the molecule is CC(C)C(NC(=O)c1cnc(Cl)c(Cl)c1)C(=O)N1CCC(c2ccc(Cl)cc2)C(C)(C)C1. The van der Waals surface area contributed by atoms with Crippen LogP contribution in [0.4, 0.5) is 0 Å². The minimum Gasteiger partial charge on any atom is -0.340 e. The van der Waals surface area contributed by atoms with Gasteiger partial charge >= 0.3 is 0 Å². The Morgan fingerprint density at radius 2 is 1.81 bits per heavy atom. The first-order chi connectivity index (χ1) is 15.0. The average molecular weight is 497 g/mol. The number of hydrogen-bond acceptors (Lipinski definition) is 3. The number of nitrogens with zero attached hydrogens (tertiary/aromatic N) is 2. The number of benzene rings is 1. The number of carbonyl (C=O) groups excluding carboxylic acids is 2. The van der Waals surface area contributed by atoms with E-state index in [9.17, 15) is 9.59 Å². The smallest absolute Gasteiger partial charge is 0.253 e. The van der Waals surface area contributed by atoms with Gasteiger partial charge in [-0.3, -0.25) is 9.59 Å². The average Bonchev–Trinajstić information content (AvgIpc) is 2.73. The highest BCUT2D eigenvalue weighted by atomic mass is 35.5. The molecule has 1 aromatic heterocycles. The molecule has 1 aliphatic rings. The zero-order valence-electron chi connectivity index (χ0n) is 18.7. The molecule has 1 aromatic carbocycles. The van der Waals surface area contributed by atoms with Crippen molar-refractivity contribution in [2.24, 2.45) is 11.3 Å². The number of nitrogens with one attached hydrogen (secondary N) is 1. The van der Waals surface area contributed by atoms with Gasteiger partial charge < -0.3 is 10.2 Å². The van der Waals surface area contributed by atoms with Crippen molar-refractivity contribution >= 4 is 46.6 Å². The Hall–Kier alpha value is -1.82. The molecule has 2 heterocycles. The van der Waals surface area contributed by atoms with Crippen molar-refractivity contribution in [3.8, 4) is 0 Å². The van der Waals surface area contributed by atoms with E-state index < -0.39 is 11.9 Å². The molecule has 2 amide bonds. The molecule has 1 fully saturated rings. The third-order valence-corrected chi connectivity index (χ3v) is 7.03. The van der Waals surface area contributed by atoms with Gasteiger partial charge in [-0.05, 0) is 47.4 Å². The number of hydrogen-bond donors (Lipinski definition) is 1. The number of pyridine rings is 1. The molecule has 0 saturated carbocycles. The molecular weight excluding hydrogens is 469 g/mol. The van der Waals surface area contributed by atoms with E-state index in [4.69, 9.17) is 34.8 Å². The summed E-state index contributed by atoms with van der Waals surface area (Å²) in [7, 11) is 0. The van der Waals surface area contributed by atoms with Crippen LogP contribution >= 0.6 is 34.8 Å². The zero-order valence-corrected chi connectivity index (χ0v) is 20.9. The van der Waals surface area contributed by atoms with Gasteiger partial charge in [0.1, 0.15) is 11.2 Å². The monoisotopic (exact) mass is 495 g/mol. The van der Waals surface area contributed by atoms with Crippen LogP contribution in [0.5, 0.6) is 0 Å². The van der Waals surface area contributed by atoms with Gasteiger partial charge in [-0.1, -0.05) is 74.6 Å². The lowest BCUT2D eigenvalue weighted by Gasteiger charge is -2.45. The van der Waals surface area contributed by atoms with E-state index >= 15 is 0 Å². The van der Waals surface area contributed by atoms with E-state index in [1.807, 2.05) is 30.9 Å². The number of likely N-dealkylation sites (tertiary alicyclic amines) is 1. The highest BCUT2D eigenvalue weighted by molar-refractivity contribution is 6.41. The molecular formula is C24H28Cl3N3O2. The molecule has 172 valence electrons. The summed E-state index contributed by atoms with van der Waals surface area (Å²) in [6.45, 7) is 9.42. The van der Waals surface area contributed by atoms with Crippen LogP contribution in [0.25, 0.3) is 0 Å². The van der Waals surface area contributed by atoms with Crippen LogP contribution in [0.1, 0.15) is 56.0 Å². The predicted octanol–water partition coefficient (Wildman–Crippen LogP) is 5.84. The zero-order chi connectivity index (χ0) is 23.6. The Bertz CT molecular complexity index is 992. The van der Waals surface area contributed by atoms with Crippen molar-refractivity contribution < 1.29 is 9.59 Å². The highest BCUT2D eigenvalue weighted by Gasteiger charge is 2.40. The van der Waals surface area contributed by atoms with Crippen molar-refractivity contribution in [2.75, 3.05) is 13.1 Å². The van der Waals surface area contributed by atoms with E-state index in [0.717, 1.165) is 6.42 Å². The summed E-state index contributed by atoms with van der Waals surface area (Å²) >= 11 is 17.9. The summed E-state index contributed by atoms with van der Waals surface area (Å²) in [5.74, 6) is -0.250. The molecule has 3 rings (SSSR count). The van der Waals surface area contributed by atoms with E-state index in [-0.39, 0.29) is 33.0 Å². The quantitative estimate of drug-likeness (QED) is 0.529. The summed E-state index contributed by atoms with van der Waals surface area (Å²) in [6.07, 6.45) is 2.20. The van der Waals surface area contributed by atoms with Crippen molar-refractivity contribution in [3.63, 3.8) is 0 Å². The molecule has 1 N–H and O–H groups in total. The van der Waals surface area contributed by atoms with Crippen molar-refractivity contribution in [2.45, 2.75) is 46.1 Å². The summed E-state index contributed by atoms with van der Waals surface area (Å²) in [6, 6.07) is 8.75. The van der Waals surface area contributed by atoms with Gasteiger partial charge in [-0.25, -0.2) is 4.98 Å². The summed E-state index contributed by atoms with van der Waals surface area (Å²) in [5.41, 5.74) is 1.37. The normalized spacial score (nSPS) is 19.0. The number of rotatable bonds is 5. The Morgan fingerprint density at radius 1 is 1.16 bits per heavy atom. The third-order valence-electron chi connectivity index (χ3n) is 6.09. The molecule has 2 aromatic rings. The molecule has 0 aliphatic carbocycles. The van der Waals surface area contributed by atoms with Crippen LogP contribution in [-0.4, -0.2) is 40.8 Å². The fourth-order valence-corrected chi connectivity index (χ4v) is 4.73. The minimum atomic E-state index is -0.653. The molecule has 0 radical (unpaired) electrons. The second kappa shape index (κ2) is 9.98.